The molecule has 4 unspecified atom stereocenters. The van der Waals surface area contributed by atoms with E-state index in [9.17, 15) is 14.4 Å². The predicted molar refractivity (Wildman–Crippen MR) is 111 cm³/mol. The zero-order valence-electron chi connectivity index (χ0n) is 18.1. The summed E-state index contributed by atoms with van der Waals surface area (Å²) in [5.41, 5.74) is 0.844. The second kappa shape index (κ2) is 6.39. The Morgan fingerprint density at radius 2 is 1.83 bits per heavy atom. The Morgan fingerprint density at radius 3 is 2.41 bits per heavy atom. The normalized spacial score (nSPS) is 31.1. The van der Waals surface area contributed by atoms with E-state index in [2.05, 4.69) is 24.5 Å². The van der Waals surface area contributed by atoms with E-state index in [0.717, 1.165) is 29.7 Å². The van der Waals surface area contributed by atoms with E-state index in [1.165, 1.54) is 4.90 Å². The molecular weight excluding hydrogens is 366 g/mol. The quantitative estimate of drug-likeness (QED) is 0.769. The molecule has 156 valence electrons. The lowest BCUT2D eigenvalue weighted by atomic mass is 9.75. The van der Waals surface area contributed by atoms with Gasteiger partial charge in [-0.25, -0.2) is 0 Å². The SMILES string of the molecule is CCc1cccc2c1NC(=O)C21NC(CC(C)C)C2C(=O)N(C(C)(C)C)C(=O)C21. The summed E-state index contributed by atoms with van der Waals surface area (Å²) >= 11 is 0. The van der Waals surface area contributed by atoms with Gasteiger partial charge >= 0.3 is 0 Å². The predicted octanol–water partition coefficient (Wildman–Crippen LogP) is 2.81. The maximum Gasteiger partial charge on any atom is 0.250 e. The molecule has 4 atom stereocenters. The van der Waals surface area contributed by atoms with Crippen molar-refractivity contribution in [2.24, 2.45) is 17.8 Å². The van der Waals surface area contributed by atoms with Gasteiger partial charge in [0, 0.05) is 22.8 Å². The Labute approximate surface area is 172 Å². The van der Waals surface area contributed by atoms with E-state index in [0.29, 0.717) is 5.92 Å². The molecule has 3 heterocycles. The van der Waals surface area contributed by atoms with Crippen LogP contribution in [0, 0.1) is 17.8 Å². The topological polar surface area (TPSA) is 78.5 Å². The second-order valence-electron chi connectivity index (χ2n) is 10.0. The molecule has 2 N–H and O–H groups in total. The summed E-state index contributed by atoms with van der Waals surface area (Å²) < 4.78 is 0. The van der Waals surface area contributed by atoms with Crippen molar-refractivity contribution in [2.45, 2.75) is 71.5 Å². The van der Waals surface area contributed by atoms with Crippen LogP contribution in [0.2, 0.25) is 0 Å². The summed E-state index contributed by atoms with van der Waals surface area (Å²) in [6.45, 7) is 11.9. The van der Waals surface area contributed by atoms with Crippen LogP contribution in [0.5, 0.6) is 0 Å². The van der Waals surface area contributed by atoms with Crippen LogP contribution in [0.15, 0.2) is 18.2 Å². The van der Waals surface area contributed by atoms with E-state index in [-0.39, 0.29) is 23.8 Å². The molecule has 1 spiro atoms. The molecule has 2 fully saturated rings. The highest BCUT2D eigenvalue weighted by molar-refractivity contribution is 6.15. The second-order valence-corrected chi connectivity index (χ2v) is 10.0. The summed E-state index contributed by atoms with van der Waals surface area (Å²) in [6.07, 6.45) is 1.51. The Kier molecular flexibility index (Phi) is 4.43. The number of carbonyl (C=O) groups is 3. The lowest BCUT2D eigenvalue weighted by molar-refractivity contribution is -0.147. The number of rotatable bonds is 3. The fourth-order valence-electron chi connectivity index (χ4n) is 5.56. The van der Waals surface area contributed by atoms with Crippen molar-refractivity contribution in [2.75, 3.05) is 5.32 Å². The van der Waals surface area contributed by atoms with Gasteiger partial charge in [-0.05, 0) is 45.1 Å². The first-order chi connectivity index (χ1) is 13.5. The Hall–Kier alpha value is -2.21. The molecule has 0 saturated carbocycles. The van der Waals surface area contributed by atoms with Crippen LogP contribution < -0.4 is 10.6 Å². The number of fused-ring (bicyclic) bond motifs is 4. The molecule has 3 amide bonds. The number of hydrogen-bond acceptors (Lipinski definition) is 4. The Morgan fingerprint density at radius 1 is 1.14 bits per heavy atom. The van der Waals surface area contributed by atoms with Crippen LogP contribution in [0.3, 0.4) is 0 Å². The van der Waals surface area contributed by atoms with E-state index in [1.807, 2.05) is 45.9 Å². The fourth-order valence-corrected chi connectivity index (χ4v) is 5.56. The van der Waals surface area contributed by atoms with Crippen LogP contribution in [-0.4, -0.2) is 34.2 Å². The van der Waals surface area contributed by atoms with Crippen LogP contribution in [-0.2, 0) is 26.3 Å². The average molecular weight is 398 g/mol. The van der Waals surface area contributed by atoms with Gasteiger partial charge in [0.25, 0.3) is 0 Å². The van der Waals surface area contributed by atoms with Gasteiger partial charge in [0.15, 0.2) is 0 Å². The zero-order valence-corrected chi connectivity index (χ0v) is 18.1. The van der Waals surface area contributed by atoms with E-state index >= 15 is 0 Å². The maximum atomic E-state index is 13.6. The standard InChI is InChI=1S/C23H31N3O3/c1-7-13-9-8-10-14-18(13)24-21(29)23(14)17-16(15(25-23)11-12(2)3)19(27)26(20(17)28)22(4,5)6/h8-10,12,15-17,25H,7,11H2,1-6H3,(H,24,29). The highest BCUT2D eigenvalue weighted by Crippen LogP contribution is 2.55. The first-order valence-electron chi connectivity index (χ1n) is 10.6. The molecule has 29 heavy (non-hydrogen) atoms. The van der Waals surface area contributed by atoms with Crippen molar-refractivity contribution >= 4 is 23.4 Å². The molecule has 6 heteroatoms. The molecule has 2 saturated heterocycles. The number of carbonyl (C=O) groups excluding carboxylic acids is 3. The number of nitrogens with zero attached hydrogens (tertiary/aromatic N) is 1. The smallest absolute Gasteiger partial charge is 0.250 e. The number of anilines is 1. The number of hydrogen-bond donors (Lipinski definition) is 2. The Balaban J connectivity index is 1.91. The number of benzene rings is 1. The number of aryl methyl sites for hydroxylation is 1. The maximum absolute atomic E-state index is 13.6. The van der Waals surface area contributed by atoms with Crippen molar-refractivity contribution in [3.63, 3.8) is 0 Å². The van der Waals surface area contributed by atoms with E-state index in [4.69, 9.17) is 0 Å². The number of amides is 3. The summed E-state index contributed by atoms with van der Waals surface area (Å²) in [5.74, 6) is -1.52. The van der Waals surface area contributed by atoms with E-state index < -0.39 is 22.9 Å². The van der Waals surface area contributed by atoms with Crippen molar-refractivity contribution in [1.29, 1.82) is 0 Å². The van der Waals surface area contributed by atoms with Gasteiger partial charge in [-0.2, -0.15) is 0 Å². The van der Waals surface area contributed by atoms with Gasteiger partial charge in [0.05, 0.1) is 11.8 Å². The number of nitrogens with one attached hydrogen (secondary N) is 2. The molecule has 3 aliphatic heterocycles. The van der Waals surface area contributed by atoms with Gasteiger partial charge < -0.3 is 5.32 Å². The van der Waals surface area contributed by atoms with Crippen LogP contribution >= 0.6 is 0 Å². The third kappa shape index (κ3) is 2.61. The third-order valence-corrected chi connectivity index (χ3v) is 6.61. The summed E-state index contributed by atoms with van der Waals surface area (Å²) in [7, 11) is 0. The molecule has 0 radical (unpaired) electrons. The Bertz CT molecular complexity index is 901. The molecule has 1 aromatic rings. The number of likely N-dealkylation sites (tertiary alicyclic amines) is 1. The minimum absolute atomic E-state index is 0.157. The van der Waals surface area contributed by atoms with Crippen LogP contribution in [0.4, 0.5) is 5.69 Å². The summed E-state index contributed by atoms with van der Waals surface area (Å²) in [6, 6.07) is 5.64. The van der Waals surface area contributed by atoms with Gasteiger partial charge in [-0.3, -0.25) is 24.6 Å². The summed E-state index contributed by atoms with van der Waals surface area (Å²) in [4.78, 5) is 41.9. The van der Waals surface area contributed by atoms with Gasteiger partial charge in [0.2, 0.25) is 17.7 Å². The number of para-hydroxylation sites is 1. The number of imide groups is 1. The molecule has 0 aromatic heterocycles. The summed E-state index contributed by atoms with van der Waals surface area (Å²) in [5, 5.41) is 6.55. The largest absolute Gasteiger partial charge is 0.324 e. The zero-order chi connectivity index (χ0) is 21.3. The molecule has 1 aromatic carbocycles. The minimum atomic E-state index is -1.18. The highest BCUT2D eigenvalue weighted by Gasteiger charge is 2.71. The van der Waals surface area contributed by atoms with Crippen molar-refractivity contribution in [3.05, 3.63) is 29.3 Å². The monoisotopic (exact) mass is 397 g/mol. The van der Waals surface area contributed by atoms with Crippen molar-refractivity contribution in [1.82, 2.24) is 10.2 Å². The first kappa shape index (κ1) is 20.1. The van der Waals surface area contributed by atoms with Crippen LogP contribution in [0.1, 0.15) is 59.1 Å². The average Bonchev–Trinajstić information content (AvgIpc) is 3.18. The molecule has 4 rings (SSSR count). The first-order valence-corrected chi connectivity index (χ1v) is 10.6. The van der Waals surface area contributed by atoms with Gasteiger partial charge in [0.1, 0.15) is 5.54 Å². The lowest BCUT2D eigenvalue weighted by Crippen LogP contribution is -2.55. The van der Waals surface area contributed by atoms with Gasteiger partial charge in [-0.1, -0.05) is 39.0 Å². The molecule has 3 aliphatic rings. The van der Waals surface area contributed by atoms with Crippen molar-refractivity contribution in [3.8, 4) is 0 Å². The van der Waals surface area contributed by atoms with Gasteiger partial charge in [-0.15, -0.1) is 0 Å². The van der Waals surface area contributed by atoms with Crippen LogP contribution in [0.25, 0.3) is 0 Å². The minimum Gasteiger partial charge on any atom is -0.324 e. The molecule has 0 aliphatic carbocycles. The molecule has 6 nitrogen and oxygen atoms in total. The lowest BCUT2D eigenvalue weighted by Gasteiger charge is -2.34. The highest BCUT2D eigenvalue weighted by atomic mass is 16.2. The molecular formula is C23H31N3O3. The third-order valence-electron chi connectivity index (χ3n) is 6.61. The molecule has 0 bridgehead atoms. The van der Waals surface area contributed by atoms with E-state index in [1.54, 1.807) is 0 Å². The fraction of sp³-hybridized carbons (Fsp3) is 0.609. The van der Waals surface area contributed by atoms with Crippen molar-refractivity contribution < 1.29 is 14.4 Å².